The molecule has 13 heavy (non-hydrogen) atoms. The van der Waals surface area contributed by atoms with E-state index < -0.39 is 0 Å². The summed E-state index contributed by atoms with van der Waals surface area (Å²) in [4.78, 5) is 0. The van der Waals surface area contributed by atoms with Gasteiger partial charge in [0, 0.05) is 13.5 Å². The maximum atomic E-state index is 9.34. The van der Waals surface area contributed by atoms with E-state index in [0.29, 0.717) is 6.42 Å². The van der Waals surface area contributed by atoms with Gasteiger partial charge in [-0.25, -0.2) is 0 Å². The molecule has 0 aromatic carbocycles. The lowest BCUT2D eigenvalue weighted by atomic mass is 9.87. The van der Waals surface area contributed by atoms with Crippen LogP contribution < -0.4 is 0 Å². The Labute approximate surface area is 80.0 Å². The van der Waals surface area contributed by atoms with Crippen molar-refractivity contribution in [2.75, 3.05) is 7.11 Å². The highest BCUT2D eigenvalue weighted by molar-refractivity contribution is 4.93. The molecule has 1 aliphatic carbocycles. The van der Waals surface area contributed by atoms with Gasteiger partial charge in [0.05, 0.1) is 17.8 Å². The minimum atomic E-state index is -0.345. The molecule has 3 unspecified atom stereocenters. The second kappa shape index (κ2) is 3.95. The zero-order valence-electron chi connectivity index (χ0n) is 8.91. The van der Waals surface area contributed by atoms with Crippen molar-refractivity contribution in [3.63, 3.8) is 0 Å². The molecule has 1 fully saturated rings. The number of hydrogen-bond donors (Lipinski definition) is 1. The average molecular weight is 188 g/mol. The van der Waals surface area contributed by atoms with Crippen LogP contribution in [-0.4, -0.2) is 36.1 Å². The van der Waals surface area contributed by atoms with Crippen LogP contribution in [0.4, 0.5) is 0 Å². The van der Waals surface area contributed by atoms with E-state index in [-0.39, 0.29) is 23.9 Å². The Morgan fingerprint density at radius 3 is 2.46 bits per heavy atom. The largest absolute Gasteiger partial charge is 0.390 e. The summed E-state index contributed by atoms with van der Waals surface area (Å²) in [5.41, 5.74) is -0.110. The first kappa shape index (κ1) is 11.0. The third kappa shape index (κ3) is 2.42. The lowest BCUT2D eigenvalue weighted by molar-refractivity contribution is -0.217. The number of aliphatic hydroxyl groups is 1. The fourth-order valence-corrected chi connectivity index (χ4v) is 1.48. The molecule has 1 saturated carbocycles. The van der Waals surface area contributed by atoms with E-state index in [1.807, 2.05) is 0 Å². The van der Waals surface area contributed by atoms with Gasteiger partial charge in [-0.05, 0) is 20.3 Å². The lowest BCUT2D eigenvalue weighted by Crippen LogP contribution is -2.55. The monoisotopic (exact) mass is 188 g/mol. The molecule has 1 N–H and O–H groups in total. The third-order valence-corrected chi connectivity index (χ3v) is 2.81. The molecule has 0 aliphatic heterocycles. The van der Waals surface area contributed by atoms with Crippen molar-refractivity contribution in [3.8, 4) is 0 Å². The Kier molecular flexibility index (Phi) is 3.33. The summed E-state index contributed by atoms with van der Waals surface area (Å²) < 4.78 is 10.9. The first-order valence-corrected chi connectivity index (χ1v) is 4.89. The molecule has 0 radical (unpaired) electrons. The maximum Gasteiger partial charge on any atom is 0.109 e. The van der Waals surface area contributed by atoms with E-state index in [9.17, 15) is 5.11 Å². The summed E-state index contributed by atoms with van der Waals surface area (Å²) in [6.07, 6.45) is 1.25. The fraction of sp³-hybridized carbons (Fsp3) is 1.00. The van der Waals surface area contributed by atoms with Crippen molar-refractivity contribution >= 4 is 0 Å². The number of hydrogen-bond acceptors (Lipinski definition) is 3. The molecule has 0 spiro atoms. The Morgan fingerprint density at radius 1 is 1.46 bits per heavy atom. The van der Waals surface area contributed by atoms with Crippen LogP contribution in [-0.2, 0) is 9.47 Å². The number of aliphatic hydroxyl groups excluding tert-OH is 1. The Morgan fingerprint density at radius 2 is 2.08 bits per heavy atom. The molecule has 3 heteroatoms. The van der Waals surface area contributed by atoms with Crippen molar-refractivity contribution in [2.24, 2.45) is 0 Å². The second-order valence-corrected chi connectivity index (χ2v) is 4.27. The molecule has 1 aliphatic rings. The van der Waals surface area contributed by atoms with Gasteiger partial charge in [-0.15, -0.1) is 0 Å². The predicted molar refractivity (Wildman–Crippen MR) is 50.7 cm³/mol. The first-order valence-electron chi connectivity index (χ1n) is 4.89. The summed E-state index contributed by atoms with van der Waals surface area (Å²) >= 11 is 0. The molecule has 1 rings (SSSR count). The lowest BCUT2D eigenvalue weighted by Gasteiger charge is -2.43. The Bertz CT molecular complexity index is 168. The van der Waals surface area contributed by atoms with Crippen molar-refractivity contribution in [1.82, 2.24) is 0 Å². The summed E-state index contributed by atoms with van der Waals surface area (Å²) in [5, 5.41) is 9.34. The predicted octanol–water partition coefficient (Wildman–Crippen LogP) is 1.34. The molecular formula is C10H20O3. The Hall–Kier alpha value is -0.120. The topological polar surface area (TPSA) is 38.7 Å². The van der Waals surface area contributed by atoms with Gasteiger partial charge in [0.2, 0.25) is 0 Å². The smallest absolute Gasteiger partial charge is 0.109 e. The fourth-order valence-electron chi connectivity index (χ4n) is 1.48. The molecule has 0 aromatic rings. The molecule has 3 atom stereocenters. The normalized spacial score (nSPS) is 34.4. The Balaban J connectivity index is 2.39. The molecule has 0 aromatic heterocycles. The number of ether oxygens (including phenoxy) is 2. The van der Waals surface area contributed by atoms with Crippen LogP contribution in [0, 0.1) is 0 Å². The average Bonchev–Trinajstić information content (AvgIpc) is 2.04. The minimum absolute atomic E-state index is 0.0648. The molecule has 78 valence electrons. The van der Waals surface area contributed by atoms with Gasteiger partial charge in [-0.1, -0.05) is 6.92 Å². The van der Waals surface area contributed by atoms with E-state index in [2.05, 4.69) is 20.8 Å². The van der Waals surface area contributed by atoms with Gasteiger partial charge in [0.1, 0.15) is 6.10 Å². The van der Waals surface area contributed by atoms with Gasteiger partial charge >= 0.3 is 0 Å². The van der Waals surface area contributed by atoms with Gasteiger partial charge in [0.15, 0.2) is 0 Å². The highest BCUT2D eigenvalue weighted by atomic mass is 16.6. The van der Waals surface area contributed by atoms with Crippen LogP contribution >= 0.6 is 0 Å². The SMILES string of the molecule is CCC(C)(C)OC1CC(O)C1OC. The maximum absolute atomic E-state index is 9.34. The molecule has 0 heterocycles. The number of methoxy groups -OCH3 is 1. The standard InChI is InChI=1S/C10H20O3/c1-5-10(2,3)13-8-6-7(11)9(8)12-4/h7-9,11H,5-6H2,1-4H3. The quantitative estimate of drug-likeness (QED) is 0.723. The van der Waals surface area contributed by atoms with Gasteiger partial charge < -0.3 is 14.6 Å². The van der Waals surface area contributed by atoms with Crippen LogP contribution in [0.1, 0.15) is 33.6 Å². The van der Waals surface area contributed by atoms with Crippen LogP contribution in [0.15, 0.2) is 0 Å². The molecular weight excluding hydrogens is 168 g/mol. The number of rotatable bonds is 4. The summed E-state index contributed by atoms with van der Waals surface area (Å²) in [7, 11) is 1.61. The van der Waals surface area contributed by atoms with E-state index in [1.54, 1.807) is 7.11 Å². The summed E-state index contributed by atoms with van der Waals surface area (Å²) in [6, 6.07) is 0. The summed E-state index contributed by atoms with van der Waals surface area (Å²) in [6.45, 7) is 6.21. The van der Waals surface area contributed by atoms with Crippen molar-refractivity contribution in [2.45, 2.75) is 57.5 Å². The van der Waals surface area contributed by atoms with Crippen LogP contribution in [0.2, 0.25) is 0 Å². The zero-order valence-corrected chi connectivity index (χ0v) is 8.91. The van der Waals surface area contributed by atoms with Gasteiger partial charge in [0.25, 0.3) is 0 Å². The van der Waals surface area contributed by atoms with Crippen LogP contribution in [0.5, 0.6) is 0 Å². The highest BCUT2D eigenvalue weighted by Crippen LogP contribution is 2.31. The van der Waals surface area contributed by atoms with E-state index >= 15 is 0 Å². The van der Waals surface area contributed by atoms with Crippen molar-refractivity contribution in [3.05, 3.63) is 0 Å². The van der Waals surface area contributed by atoms with E-state index in [4.69, 9.17) is 9.47 Å². The first-order chi connectivity index (χ1) is 6.00. The summed E-state index contributed by atoms with van der Waals surface area (Å²) in [5.74, 6) is 0. The minimum Gasteiger partial charge on any atom is -0.390 e. The van der Waals surface area contributed by atoms with E-state index in [0.717, 1.165) is 6.42 Å². The highest BCUT2D eigenvalue weighted by Gasteiger charge is 2.43. The van der Waals surface area contributed by atoms with Crippen LogP contribution in [0.25, 0.3) is 0 Å². The zero-order chi connectivity index (χ0) is 10.1. The van der Waals surface area contributed by atoms with E-state index in [1.165, 1.54) is 0 Å². The van der Waals surface area contributed by atoms with Crippen molar-refractivity contribution in [1.29, 1.82) is 0 Å². The molecule has 0 bridgehead atoms. The molecule has 0 amide bonds. The third-order valence-electron chi connectivity index (χ3n) is 2.81. The van der Waals surface area contributed by atoms with Crippen molar-refractivity contribution < 1.29 is 14.6 Å². The molecule has 3 nitrogen and oxygen atoms in total. The van der Waals surface area contributed by atoms with Gasteiger partial charge in [-0.2, -0.15) is 0 Å². The second-order valence-electron chi connectivity index (χ2n) is 4.27. The van der Waals surface area contributed by atoms with Crippen LogP contribution in [0.3, 0.4) is 0 Å². The van der Waals surface area contributed by atoms with Gasteiger partial charge in [-0.3, -0.25) is 0 Å². The molecule has 0 saturated heterocycles.